The van der Waals surface area contributed by atoms with Gasteiger partial charge in [-0.3, -0.25) is 9.59 Å². The van der Waals surface area contributed by atoms with Crippen molar-refractivity contribution in [1.82, 2.24) is 15.1 Å². The van der Waals surface area contributed by atoms with E-state index in [1.54, 1.807) is 12.1 Å². The Morgan fingerprint density at radius 1 is 1.33 bits per heavy atom. The molecule has 1 N–H and O–H groups in total. The molecule has 5 nitrogen and oxygen atoms in total. The van der Waals surface area contributed by atoms with Crippen molar-refractivity contribution in [3.8, 4) is 0 Å². The summed E-state index contributed by atoms with van der Waals surface area (Å²) >= 11 is 0. The van der Waals surface area contributed by atoms with Crippen molar-refractivity contribution in [2.75, 3.05) is 6.54 Å². The third kappa shape index (κ3) is 3.98. The SMILES string of the molecule is CCCNC(=O)c1ccc(=O)n(Cc2cccc(F)c2)n1. The lowest BCUT2D eigenvalue weighted by Crippen LogP contribution is -2.30. The molecule has 2 rings (SSSR count). The van der Waals surface area contributed by atoms with Gasteiger partial charge in [0.2, 0.25) is 0 Å². The van der Waals surface area contributed by atoms with Crippen molar-refractivity contribution < 1.29 is 9.18 Å². The summed E-state index contributed by atoms with van der Waals surface area (Å²) in [6, 6.07) is 8.59. The molecule has 0 bridgehead atoms. The molecule has 1 aromatic carbocycles. The van der Waals surface area contributed by atoms with Crippen molar-refractivity contribution in [3.63, 3.8) is 0 Å². The lowest BCUT2D eigenvalue weighted by Gasteiger charge is -2.07. The highest BCUT2D eigenvalue weighted by atomic mass is 19.1. The average Bonchev–Trinajstić information content (AvgIpc) is 2.47. The lowest BCUT2D eigenvalue weighted by atomic mass is 10.2. The smallest absolute Gasteiger partial charge is 0.271 e. The average molecular weight is 289 g/mol. The highest BCUT2D eigenvalue weighted by Gasteiger charge is 2.09. The lowest BCUT2D eigenvalue weighted by molar-refractivity contribution is 0.0946. The molecule has 0 radical (unpaired) electrons. The van der Waals surface area contributed by atoms with E-state index < -0.39 is 0 Å². The normalized spacial score (nSPS) is 10.4. The minimum Gasteiger partial charge on any atom is -0.351 e. The van der Waals surface area contributed by atoms with Crippen LogP contribution < -0.4 is 10.9 Å². The van der Waals surface area contributed by atoms with Crippen LogP contribution in [0.15, 0.2) is 41.2 Å². The Hall–Kier alpha value is -2.50. The Balaban J connectivity index is 2.23. The molecule has 0 fully saturated rings. The zero-order valence-corrected chi connectivity index (χ0v) is 11.7. The summed E-state index contributed by atoms with van der Waals surface area (Å²) < 4.78 is 14.3. The maximum Gasteiger partial charge on any atom is 0.271 e. The molecule has 1 aromatic heterocycles. The van der Waals surface area contributed by atoms with Crippen molar-refractivity contribution >= 4 is 5.91 Å². The maximum absolute atomic E-state index is 13.1. The zero-order chi connectivity index (χ0) is 15.2. The van der Waals surface area contributed by atoms with Gasteiger partial charge >= 0.3 is 0 Å². The van der Waals surface area contributed by atoms with E-state index in [2.05, 4.69) is 10.4 Å². The quantitative estimate of drug-likeness (QED) is 0.908. The fourth-order valence-electron chi connectivity index (χ4n) is 1.82. The van der Waals surface area contributed by atoms with Gasteiger partial charge in [0.1, 0.15) is 11.5 Å². The number of hydrogen-bond donors (Lipinski definition) is 1. The zero-order valence-electron chi connectivity index (χ0n) is 11.7. The molecule has 110 valence electrons. The highest BCUT2D eigenvalue weighted by Crippen LogP contribution is 2.04. The van der Waals surface area contributed by atoms with Gasteiger partial charge in [0.05, 0.1) is 6.54 Å². The van der Waals surface area contributed by atoms with Gasteiger partial charge < -0.3 is 5.32 Å². The summed E-state index contributed by atoms with van der Waals surface area (Å²) in [6.07, 6.45) is 0.814. The van der Waals surface area contributed by atoms with Gasteiger partial charge in [-0.05, 0) is 30.2 Å². The maximum atomic E-state index is 13.1. The second-order valence-corrected chi connectivity index (χ2v) is 4.60. The summed E-state index contributed by atoms with van der Waals surface area (Å²) in [4.78, 5) is 23.6. The molecule has 0 aliphatic heterocycles. The van der Waals surface area contributed by atoms with E-state index in [1.165, 1.54) is 24.3 Å². The number of halogens is 1. The van der Waals surface area contributed by atoms with Crippen LogP contribution in [0.5, 0.6) is 0 Å². The first-order chi connectivity index (χ1) is 10.1. The molecule has 0 spiro atoms. The standard InChI is InChI=1S/C15H16FN3O2/c1-2-8-17-15(21)13-6-7-14(20)19(18-13)10-11-4-3-5-12(16)9-11/h3-7,9H,2,8,10H2,1H3,(H,17,21). The molecule has 0 unspecified atom stereocenters. The van der Waals surface area contributed by atoms with Crippen LogP contribution in [0.1, 0.15) is 29.4 Å². The van der Waals surface area contributed by atoms with Gasteiger partial charge in [0.25, 0.3) is 11.5 Å². The number of aromatic nitrogens is 2. The second-order valence-electron chi connectivity index (χ2n) is 4.60. The van der Waals surface area contributed by atoms with Crippen molar-refractivity contribution in [2.45, 2.75) is 19.9 Å². The minimum atomic E-state index is -0.377. The van der Waals surface area contributed by atoms with Crippen molar-refractivity contribution in [3.05, 3.63) is 63.8 Å². The molecular weight excluding hydrogens is 273 g/mol. The van der Waals surface area contributed by atoms with Crippen LogP contribution >= 0.6 is 0 Å². The summed E-state index contributed by atoms with van der Waals surface area (Å²) in [5, 5.41) is 6.71. The van der Waals surface area contributed by atoms with Crippen LogP contribution in [0.3, 0.4) is 0 Å². The molecular formula is C15H16FN3O2. The predicted molar refractivity (Wildman–Crippen MR) is 76.6 cm³/mol. The van der Waals surface area contributed by atoms with E-state index in [0.29, 0.717) is 12.1 Å². The Morgan fingerprint density at radius 2 is 2.14 bits per heavy atom. The molecule has 0 aliphatic carbocycles. The third-order valence-corrected chi connectivity index (χ3v) is 2.86. The fourth-order valence-corrected chi connectivity index (χ4v) is 1.82. The first kappa shape index (κ1) is 14.9. The molecule has 0 aliphatic rings. The molecule has 2 aromatic rings. The number of carbonyl (C=O) groups excluding carboxylic acids is 1. The minimum absolute atomic E-state index is 0.117. The topological polar surface area (TPSA) is 64.0 Å². The number of hydrogen-bond acceptors (Lipinski definition) is 3. The van der Waals surface area contributed by atoms with Crippen LogP contribution in [-0.4, -0.2) is 22.2 Å². The van der Waals surface area contributed by atoms with Crippen molar-refractivity contribution in [2.24, 2.45) is 0 Å². The summed E-state index contributed by atoms with van der Waals surface area (Å²) in [7, 11) is 0. The van der Waals surface area contributed by atoms with E-state index in [4.69, 9.17) is 0 Å². The second kappa shape index (κ2) is 6.78. The highest BCUT2D eigenvalue weighted by molar-refractivity contribution is 5.91. The van der Waals surface area contributed by atoms with Gasteiger partial charge in [0.15, 0.2) is 0 Å². The van der Waals surface area contributed by atoms with Gasteiger partial charge in [-0.25, -0.2) is 9.07 Å². The summed E-state index contributed by atoms with van der Waals surface area (Å²) in [5.41, 5.74) is 0.432. The number of nitrogens with zero attached hydrogens (tertiary/aromatic N) is 2. The third-order valence-electron chi connectivity index (χ3n) is 2.86. The fraction of sp³-hybridized carbons (Fsp3) is 0.267. The largest absolute Gasteiger partial charge is 0.351 e. The van der Waals surface area contributed by atoms with E-state index in [-0.39, 0.29) is 29.5 Å². The number of benzene rings is 1. The van der Waals surface area contributed by atoms with E-state index >= 15 is 0 Å². The molecule has 1 amide bonds. The first-order valence-corrected chi connectivity index (χ1v) is 6.71. The number of rotatable bonds is 5. The summed E-state index contributed by atoms with van der Waals surface area (Å²) in [6.45, 7) is 2.60. The predicted octanol–water partition coefficient (Wildman–Crippen LogP) is 1.57. The van der Waals surface area contributed by atoms with Crippen LogP contribution in [0.2, 0.25) is 0 Å². The Labute approximate surface area is 121 Å². The van der Waals surface area contributed by atoms with Crippen LogP contribution in [-0.2, 0) is 6.54 Å². The van der Waals surface area contributed by atoms with E-state index in [9.17, 15) is 14.0 Å². The van der Waals surface area contributed by atoms with Gasteiger partial charge in [-0.2, -0.15) is 5.10 Å². The molecule has 0 saturated carbocycles. The molecule has 6 heteroatoms. The van der Waals surface area contributed by atoms with E-state index in [1.807, 2.05) is 6.92 Å². The van der Waals surface area contributed by atoms with Crippen LogP contribution in [0.25, 0.3) is 0 Å². The molecule has 0 atom stereocenters. The Kier molecular flexibility index (Phi) is 4.81. The molecule has 1 heterocycles. The van der Waals surface area contributed by atoms with Crippen LogP contribution in [0, 0.1) is 5.82 Å². The van der Waals surface area contributed by atoms with Crippen molar-refractivity contribution in [1.29, 1.82) is 0 Å². The van der Waals surface area contributed by atoms with Gasteiger partial charge in [0, 0.05) is 12.6 Å². The van der Waals surface area contributed by atoms with Gasteiger partial charge in [-0.1, -0.05) is 19.1 Å². The summed E-state index contributed by atoms with van der Waals surface area (Å²) in [5.74, 6) is -0.706. The first-order valence-electron chi connectivity index (χ1n) is 6.71. The Morgan fingerprint density at radius 3 is 2.86 bits per heavy atom. The van der Waals surface area contributed by atoms with Gasteiger partial charge in [-0.15, -0.1) is 0 Å². The number of nitrogens with one attached hydrogen (secondary N) is 1. The number of amides is 1. The van der Waals surface area contributed by atoms with Crippen LogP contribution in [0.4, 0.5) is 4.39 Å². The monoisotopic (exact) mass is 289 g/mol. The van der Waals surface area contributed by atoms with E-state index in [0.717, 1.165) is 11.1 Å². The molecule has 0 saturated heterocycles. The number of carbonyl (C=O) groups is 1. The Bertz CT molecular complexity index is 697. The molecule has 21 heavy (non-hydrogen) atoms.